The summed E-state index contributed by atoms with van der Waals surface area (Å²) in [5.74, 6) is 0.323. The number of hydrogen-bond donors (Lipinski definition) is 0. The normalized spacial score (nSPS) is 16.5. The average Bonchev–Trinajstić information content (AvgIpc) is 2.96. The molecule has 0 N–H and O–H groups in total. The summed E-state index contributed by atoms with van der Waals surface area (Å²) in [5, 5.41) is 0. The molecule has 0 fully saturated rings. The second-order valence-corrected chi connectivity index (χ2v) is 10.5. The zero-order chi connectivity index (χ0) is 26.1. The summed E-state index contributed by atoms with van der Waals surface area (Å²) >= 11 is 0. The molecule has 1 atom stereocenters. The van der Waals surface area contributed by atoms with Gasteiger partial charge in [-0.1, -0.05) is 31.2 Å². The van der Waals surface area contributed by atoms with Crippen LogP contribution in [0.4, 0.5) is 5.69 Å². The maximum absolute atomic E-state index is 5.31. The first kappa shape index (κ1) is 24.4. The minimum absolute atomic E-state index is 0.323. The third-order valence-electron chi connectivity index (χ3n) is 7.60. The summed E-state index contributed by atoms with van der Waals surface area (Å²) in [6.07, 6.45) is 10.6. The molecule has 2 aromatic heterocycles. The van der Waals surface area contributed by atoms with Crippen molar-refractivity contribution in [3.8, 4) is 22.3 Å². The van der Waals surface area contributed by atoms with Gasteiger partial charge in [-0.15, -0.1) is 0 Å². The fourth-order valence-corrected chi connectivity index (χ4v) is 5.73. The summed E-state index contributed by atoms with van der Waals surface area (Å²) < 4.78 is 0. The van der Waals surface area contributed by atoms with Gasteiger partial charge < -0.3 is 4.90 Å². The van der Waals surface area contributed by atoms with Gasteiger partial charge in [0.1, 0.15) is 0 Å². The molecule has 4 aromatic rings. The molecular formula is C33H33N5. The van der Waals surface area contributed by atoms with E-state index in [1.54, 1.807) is 0 Å². The van der Waals surface area contributed by atoms with Gasteiger partial charge in [0.25, 0.3) is 0 Å². The SMILES string of the molecule is CCC1Cc2c(cccc2-c2ccncc2)N=C1C1=NCCc2ccc(-c3cncc(CN(C)C)c3)cc21. The number of pyridine rings is 2. The third-order valence-corrected chi connectivity index (χ3v) is 7.60. The number of aromatic nitrogens is 2. The van der Waals surface area contributed by atoms with Gasteiger partial charge >= 0.3 is 0 Å². The fourth-order valence-electron chi connectivity index (χ4n) is 5.73. The van der Waals surface area contributed by atoms with Crippen LogP contribution in [-0.2, 0) is 19.4 Å². The number of benzene rings is 2. The Morgan fingerprint density at radius 3 is 2.55 bits per heavy atom. The first-order chi connectivity index (χ1) is 18.6. The van der Waals surface area contributed by atoms with Crippen LogP contribution in [0.5, 0.6) is 0 Å². The molecule has 1 unspecified atom stereocenters. The van der Waals surface area contributed by atoms with E-state index in [1.165, 1.54) is 38.9 Å². The van der Waals surface area contributed by atoms with Gasteiger partial charge in [0, 0.05) is 54.9 Å². The van der Waals surface area contributed by atoms with E-state index in [0.29, 0.717) is 5.92 Å². The van der Waals surface area contributed by atoms with Crippen molar-refractivity contribution in [2.75, 3.05) is 20.6 Å². The Kier molecular flexibility index (Phi) is 6.69. The molecule has 0 spiro atoms. The van der Waals surface area contributed by atoms with Crippen LogP contribution in [-0.4, -0.2) is 46.9 Å². The van der Waals surface area contributed by atoms with Crippen LogP contribution in [0.2, 0.25) is 0 Å². The number of nitrogens with zero attached hydrogens (tertiary/aromatic N) is 5. The Morgan fingerprint density at radius 2 is 1.74 bits per heavy atom. The summed E-state index contributed by atoms with van der Waals surface area (Å²) in [6, 6.07) is 19.7. The Morgan fingerprint density at radius 1 is 0.868 bits per heavy atom. The van der Waals surface area contributed by atoms with Crippen molar-refractivity contribution in [1.82, 2.24) is 14.9 Å². The van der Waals surface area contributed by atoms with Gasteiger partial charge in [-0.05, 0) is 97.1 Å². The maximum atomic E-state index is 5.31. The number of aliphatic imine (C=N–C) groups is 2. The van der Waals surface area contributed by atoms with Crippen LogP contribution in [0.3, 0.4) is 0 Å². The summed E-state index contributed by atoms with van der Waals surface area (Å²) in [7, 11) is 4.17. The predicted molar refractivity (Wildman–Crippen MR) is 156 cm³/mol. The van der Waals surface area contributed by atoms with Crippen LogP contribution >= 0.6 is 0 Å². The van der Waals surface area contributed by atoms with Gasteiger partial charge in [0.05, 0.1) is 17.1 Å². The quantitative estimate of drug-likeness (QED) is 0.301. The lowest BCUT2D eigenvalue weighted by Gasteiger charge is -2.29. The van der Waals surface area contributed by atoms with Crippen molar-refractivity contribution < 1.29 is 0 Å². The summed E-state index contributed by atoms with van der Waals surface area (Å²) in [5.41, 5.74) is 13.1. The molecule has 0 aliphatic carbocycles. The third kappa shape index (κ3) is 4.70. The first-order valence-corrected chi connectivity index (χ1v) is 13.5. The van der Waals surface area contributed by atoms with Crippen LogP contribution in [0.1, 0.15) is 35.6 Å². The summed E-state index contributed by atoms with van der Waals surface area (Å²) in [4.78, 5) is 21.3. The summed E-state index contributed by atoms with van der Waals surface area (Å²) in [6.45, 7) is 3.94. The van der Waals surface area contributed by atoms with E-state index in [4.69, 9.17) is 9.98 Å². The van der Waals surface area contributed by atoms with E-state index in [9.17, 15) is 0 Å². The van der Waals surface area contributed by atoms with Gasteiger partial charge in [-0.2, -0.15) is 0 Å². The molecule has 2 aliphatic heterocycles. The largest absolute Gasteiger partial charge is 0.305 e. The molecule has 4 heterocycles. The van der Waals surface area contributed by atoms with Gasteiger partial charge in [-0.25, -0.2) is 0 Å². The lowest BCUT2D eigenvalue weighted by atomic mass is 9.80. The predicted octanol–water partition coefficient (Wildman–Crippen LogP) is 6.57. The van der Waals surface area contributed by atoms with Gasteiger partial charge in [0.2, 0.25) is 0 Å². The zero-order valence-electron chi connectivity index (χ0n) is 22.4. The van der Waals surface area contributed by atoms with Gasteiger partial charge in [0.15, 0.2) is 0 Å². The molecule has 6 rings (SSSR count). The smallest absolute Gasteiger partial charge is 0.0867 e. The van der Waals surface area contributed by atoms with E-state index in [-0.39, 0.29) is 0 Å². The van der Waals surface area contributed by atoms with E-state index in [0.717, 1.165) is 55.0 Å². The minimum atomic E-state index is 0.323. The molecule has 2 aromatic carbocycles. The van der Waals surface area contributed by atoms with Crippen molar-refractivity contribution in [1.29, 1.82) is 0 Å². The molecule has 0 amide bonds. The van der Waals surface area contributed by atoms with Crippen molar-refractivity contribution in [3.63, 3.8) is 0 Å². The molecule has 5 nitrogen and oxygen atoms in total. The number of hydrogen-bond acceptors (Lipinski definition) is 5. The molecule has 0 bridgehead atoms. The Balaban J connectivity index is 1.42. The van der Waals surface area contributed by atoms with E-state index >= 15 is 0 Å². The molecule has 190 valence electrons. The number of fused-ring (bicyclic) bond motifs is 2. The van der Waals surface area contributed by atoms with E-state index < -0.39 is 0 Å². The highest BCUT2D eigenvalue weighted by atomic mass is 15.0. The highest BCUT2D eigenvalue weighted by molar-refractivity contribution is 6.50. The second kappa shape index (κ2) is 10.4. The maximum Gasteiger partial charge on any atom is 0.0867 e. The van der Waals surface area contributed by atoms with Gasteiger partial charge in [-0.3, -0.25) is 20.0 Å². The fraction of sp³-hybridized carbons (Fsp3) is 0.273. The molecule has 0 saturated carbocycles. The van der Waals surface area contributed by atoms with Crippen LogP contribution in [0.25, 0.3) is 22.3 Å². The highest BCUT2D eigenvalue weighted by Gasteiger charge is 2.30. The highest BCUT2D eigenvalue weighted by Crippen LogP contribution is 2.38. The standard InChI is InChI=1S/C33H33N5/c1-4-23-17-30-28(25-10-13-34-14-11-25)6-5-7-31(30)37-32(23)33-29-18-26(9-8-24(29)12-15-36-33)27-16-22(19-35-20-27)21-38(2)3/h5-11,13-14,16,18-20,23H,4,12,15,17,21H2,1-3H3. The Labute approximate surface area is 225 Å². The van der Waals surface area contributed by atoms with Crippen molar-refractivity contribution in [2.24, 2.45) is 15.9 Å². The Bertz CT molecular complexity index is 1530. The average molecular weight is 500 g/mol. The number of rotatable bonds is 6. The molecule has 38 heavy (non-hydrogen) atoms. The van der Waals surface area contributed by atoms with Crippen molar-refractivity contribution in [2.45, 2.75) is 32.7 Å². The molecule has 0 saturated heterocycles. The second-order valence-electron chi connectivity index (χ2n) is 10.5. The lowest BCUT2D eigenvalue weighted by Crippen LogP contribution is -2.31. The van der Waals surface area contributed by atoms with E-state index in [2.05, 4.69) is 90.5 Å². The molecule has 0 radical (unpaired) electrons. The molecule has 2 aliphatic rings. The molecular weight excluding hydrogens is 466 g/mol. The first-order valence-electron chi connectivity index (χ1n) is 13.5. The van der Waals surface area contributed by atoms with Crippen LogP contribution in [0, 0.1) is 5.92 Å². The van der Waals surface area contributed by atoms with Crippen molar-refractivity contribution >= 4 is 17.1 Å². The van der Waals surface area contributed by atoms with E-state index in [1.807, 2.05) is 24.8 Å². The minimum Gasteiger partial charge on any atom is -0.305 e. The lowest BCUT2D eigenvalue weighted by molar-refractivity contribution is 0.402. The Hall–Kier alpha value is -3.96. The topological polar surface area (TPSA) is 53.7 Å². The molecule has 5 heteroatoms. The van der Waals surface area contributed by atoms with Crippen LogP contribution in [0.15, 0.2) is 89.4 Å². The monoisotopic (exact) mass is 499 g/mol. The van der Waals surface area contributed by atoms with Crippen molar-refractivity contribution in [3.05, 3.63) is 102 Å². The van der Waals surface area contributed by atoms with Crippen LogP contribution < -0.4 is 0 Å². The zero-order valence-corrected chi connectivity index (χ0v) is 22.4.